The average molecular weight is 391 g/mol. The smallest absolute Gasteiger partial charge is 0.261 e. The van der Waals surface area contributed by atoms with Crippen LogP contribution in [0.25, 0.3) is 0 Å². The number of carbonyl (C=O) groups excluding carboxylic acids is 2. The van der Waals surface area contributed by atoms with Crippen LogP contribution in [0.4, 0.5) is 11.4 Å². The summed E-state index contributed by atoms with van der Waals surface area (Å²) >= 11 is 0. The maximum Gasteiger partial charge on any atom is 0.261 e. The van der Waals surface area contributed by atoms with Crippen LogP contribution in [0.3, 0.4) is 0 Å². The van der Waals surface area contributed by atoms with Crippen LogP contribution in [-0.2, 0) is 19.6 Å². The fraction of sp³-hybridized carbons (Fsp3) is 0.222. The molecule has 144 valence electrons. The number of amides is 2. The van der Waals surface area contributed by atoms with Crippen LogP contribution in [0.2, 0.25) is 0 Å². The molecule has 27 heavy (non-hydrogen) atoms. The van der Waals surface area contributed by atoms with Crippen molar-refractivity contribution in [2.75, 3.05) is 30.3 Å². The number of methoxy groups -OCH3 is 1. The second kappa shape index (κ2) is 9.15. The van der Waals surface area contributed by atoms with Gasteiger partial charge in [-0.2, -0.15) is 0 Å². The first-order valence-electron chi connectivity index (χ1n) is 8.09. The van der Waals surface area contributed by atoms with Crippen molar-refractivity contribution in [2.24, 2.45) is 0 Å². The van der Waals surface area contributed by atoms with Gasteiger partial charge in [-0.1, -0.05) is 12.1 Å². The van der Waals surface area contributed by atoms with Crippen molar-refractivity contribution in [3.05, 3.63) is 54.1 Å². The molecular formula is C18H21N3O5S. The van der Waals surface area contributed by atoms with E-state index in [2.05, 4.69) is 15.4 Å². The highest BCUT2D eigenvalue weighted by molar-refractivity contribution is 7.92. The predicted molar refractivity (Wildman–Crippen MR) is 102 cm³/mol. The molecular weight excluding hydrogens is 370 g/mol. The van der Waals surface area contributed by atoms with E-state index in [1.807, 2.05) is 0 Å². The van der Waals surface area contributed by atoms with E-state index in [4.69, 9.17) is 4.74 Å². The molecule has 0 aliphatic carbocycles. The van der Waals surface area contributed by atoms with Gasteiger partial charge in [-0.15, -0.1) is 0 Å². The van der Waals surface area contributed by atoms with Gasteiger partial charge in [0.25, 0.3) is 15.9 Å². The van der Waals surface area contributed by atoms with Crippen LogP contribution < -0.4 is 15.4 Å². The van der Waals surface area contributed by atoms with E-state index in [1.165, 1.54) is 44.4 Å². The third kappa shape index (κ3) is 6.08. The van der Waals surface area contributed by atoms with E-state index in [0.29, 0.717) is 18.8 Å². The number of sulfonamides is 1. The summed E-state index contributed by atoms with van der Waals surface area (Å²) in [6, 6.07) is 12.0. The second-order valence-corrected chi connectivity index (χ2v) is 7.33. The van der Waals surface area contributed by atoms with E-state index in [-0.39, 0.29) is 22.1 Å². The second-order valence-electron chi connectivity index (χ2n) is 5.64. The zero-order chi connectivity index (χ0) is 19.9. The van der Waals surface area contributed by atoms with Gasteiger partial charge >= 0.3 is 0 Å². The molecule has 0 unspecified atom stereocenters. The van der Waals surface area contributed by atoms with E-state index < -0.39 is 15.9 Å². The third-order valence-electron chi connectivity index (χ3n) is 3.43. The van der Waals surface area contributed by atoms with Crippen molar-refractivity contribution in [2.45, 2.75) is 11.8 Å². The lowest BCUT2D eigenvalue weighted by Crippen LogP contribution is -2.27. The summed E-state index contributed by atoms with van der Waals surface area (Å²) in [6.45, 7) is 2.04. The molecule has 0 aromatic heterocycles. The number of benzene rings is 2. The fourth-order valence-corrected chi connectivity index (χ4v) is 3.35. The Bertz CT molecular complexity index is 928. The molecule has 0 saturated heterocycles. The molecule has 0 radical (unpaired) electrons. The van der Waals surface area contributed by atoms with Crippen molar-refractivity contribution >= 4 is 33.2 Å². The summed E-state index contributed by atoms with van der Waals surface area (Å²) in [7, 11) is -2.39. The van der Waals surface area contributed by atoms with Gasteiger partial charge in [-0.05, 0) is 36.4 Å². The molecule has 2 amide bonds. The van der Waals surface area contributed by atoms with Gasteiger partial charge in [0, 0.05) is 31.8 Å². The molecule has 0 bridgehead atoms. The SMILES string of the molecule is COCCNC(=O)c1cccc(S(=O)(=O)Nc2cccc(NC(C)=O)c2)c1. The van der Waals surface area contributed by atoms with Crippen molar-refractivity contribution in [1.82, 2.24) is 5.32 Å². The van der Waals surface area contributed by atoms with Crippen LogP contribution in [0, 0.1) is 0 Å². The van der Waals surface area contributed by atoms with Gasteiger partial charge in [-0.3, -0.25) is 14.3 Å². The average Bonchev–Trinajstić information content (AvgIpc) is 2.61. The van der Waals surface area contributed by atoms with Crippen molar-refractivity contribution < 1.29 is 22.7 Å². The van der Waals surface area contributed by atoms with Crippen LogP contribution >= 0.6 is 0 Å². The maximum atomic E-state index is 12.6. The lowest BCUT2D eigenvalue weighted by atomic mass is 10.2. The maximum absolute atomic E-state index is 12.6. The minimum atomic E-state index is -3.91. The van der Waals surface area contributed by atoms with Gasteiger partial charge in [0.1, 0.15) is 0 Å². The number of rotatable bonds is 8. The lowest BCUT2D eigenvalue weighted by Gasteiger charge is -2.11. The Morgan fingerprint density at radius 2 is 1.74 bits per heavy atom. The fourth-order valence-electron chi connectivity index (χ4n) is 2.25. The first-order valence-corrected chi connectivity index (χ1v) is 9.58. The zero-order valence-corrected chi connectivity index (χ0v) is 15.8. The largest absolute Gasteiger partial charge is 0.383 e. The summed E-state index contributed by atoms with van der Waals surface area (Å²) in [6.07, 6.45) is 0. The summed E-state index contributed by atoms with van der Waals surface area (Å²) < 4.78 is 32.5. The van der Waals surface area contributed by atoms with Gasteiger partial charge < -0.3 is 15.4 Å². The highest BCUT2D eigenvalue weighted by Gasteiger charge is 2.16. The van der Waals surface area contributed by atoms with Crippen molar-refractivity contribution in [3.8, 4) is 0 Å². The van der Waals surface area contributed by atoms with E-state index in [1.54, 1.807) is 18.2 Å². The minimum Gasteiger partial charge on any atom is -0.383 e. The summed E-state index contributed by atoms with van der Waals surface area (Å²) in [5.41, 5.74) is 0.978. The van der Waals surface area contributed by atoms with Gasteiger partial charge in [-0.25, -0.2) is 8.42 Å². The first-order chi connectivity index (χ1) is 12.8. The monoisotopic (exact) mass is 391 g/mol. The highest BCUT2D eigenvalue weighted by Crippen LogP contribution is 2.20. The first kappa shape index (κ1) is 20.4. The third-order valence-corrected chi connectivity index (χ3v) is 4.81. The molecule has 0 atom stereocenters. The number of carbonyl (C=O) groups is 2. The molecule has 0 fully saturated rings. The molecule has 0 spiro atoms. The van der Waals surface area contributed by atoms with E-state index >= 15 is 0 Å². The predicted octanol–water partition coefficient (Wildman–Crippen LogP) is 1.82. The lowest BCUT2D eigenvalue weighted by molar-refractivity contribution is -0.114. The topological polar surface area (TPSA) is 114 Å². The molecule has 2 aromatic rings. The van der Waals surface area contributed by atoms with Gasteiger partial charge in [0.15, 0.2) is 0 Å². The van der Waals surface area contributed by atoms with Gasteiger partial charge in [0.2, 0.25) is 5.91 Å². The molecule has 0 heterocycles. The minimum absolute atomic E-state index is 0.0492. The molecule has 3 N–H and O–H groups in total. The zero-order valence-electron chi connectivity index (χ0n) is 15.0. The summed E-state index contributed by atoms with van der Waals surface area (Å²) in [4.78, 5) is 23.2. The molecule has 0 aliphatic rings. The number of hydrogen-bond donors (Lipinski definition) is 3. The van der Waals surface area contributed by atoms with Crippen LogP contribution in [0.1, 0.15) is 17.3 Å². The highest BCUT2D eigenvalue weighted by atomic mass is 32.2. The molecule has 9 heteroatoms. The van der Waals surface area contributed by atoms with Crippen LogP contribution in [0.15, 0.2) is 53.4 Å². The Labute approximate surface area is 158 Å². The number of hydrogen-bond acceptors (Lipinski definition) is 5. The number of nitrogens with one attached hydrogen (secondary N) is 3. The Morgan fingerprint density at radius 3 is 2.44 bits per heavy atom. The Hall–Kier alpha value is -2.91. The Kier molecular flexibility index (Phi) is 6.91. The summed E-state index contributed by atoms with van der Waals surface area (Å²) in [5, 5.41) is 5.22. The molecule has 0 saturated carbocycles. The molecule has 2 rings (SSSR count). The molecule has 2 aromatic carbocycles. The van der Waals surface area contributed by atoms with Crippen molar-refractivity contribution in [3.63, 3.8) is 0 Å². The van der Waals surface area contributed by atoms with Crippen LogP contribution in [0.5, 0.6) is 0 Å². The van der Waals surface area contributed by atoms with E-state index in [9.17, 15) is 18.0 Å². The quantitative estimate of drug-likeness (QED) is 0.594. The van der Waals surface area contributed by atoms with E-state index in [0.717, 1.165) is 0 Å². The Balaban J connectivity index is 2.18. The Morgan fingerprint density at radius 1 is 1.04 bits per heavy atom. The standard InChI is InChI=1S/C18H21N3O5S/c1-13(22)20-15-6-4-7-16(12-15)21-27(24,25)17-8-3-5-14(11-17)18(23)19-9-10-26-2/h3-8,11-12,21H,9-10H2,1-2H3,(H,19,23)(H,20,22). The normalized spacial score (nSPS) is 10.9. The number of ether oxygens (including phenoxy) is 1. The van der Waals surface area contributed by atoms with Crippen LogP contribution in [-0.4, -0.2) is 40.5 Å². The molecule has 8 nitrogen and oxygen atoms in total. The van der Waals surface area contributed by atoms with Crippen molar-refractivity contribution in [1.29, 1.82) is 0 Å². The molecule has 0 aliphatic heterocycles. The van der Waals surface area contributed by atoms with Gasteiger partial charge in [0.05, 0.1) is 17.2 Å². The number of anilines is 2. The summed E-state index contributed by atoms with van der Waals surface area (Å²) in [5.74, 6) is -0.654.